The van der Waals surface area contributed by atoms with Crippen molar-refractivity contribution < 1.29 is 4.79 Å². The molecule has 0 atom stereocenters. The van der Waals surface area contributed by atoms with Gasteiger partial charge in [-0.15, -0.1) is 0 Å². The smallest absolute Gasteiger partial charge is 0.278 e. The van der Waals surface area contributed by atoms with Gasteiger partial charge in [-0.1, -0.05) is 60.3 Å². The molecular weight excluding hydrogens is 432 g/mol. The molecule has 2 aromatic carbocycles. The van der Waals surface area contributed by atoms with Crippen LogP contribution in [0.3, 0.4) is 0 Å². The zero-order chi connectivity index (χ0) is 22.8. The summed E-state index contributed by atoms with van der Waals surface area (Å²) in [5, 5.41) is 1.54. The van der Waals surface area contributed by atoms with Crippen LogP contribution in [0.1, 0.15) is 25.3 Å². The molecule has 6 nitrogen and oxygen atoms in total. The van der Waals surface area contributed by atoms with E-state index in [1.165, 1.54) is 17.3 Å². The number of fused-ring (bicyclic) bond motifs is 3. The molecule has 3 heterocycles. The summed E-state index contributed by atoms with van der Waals surface area (Å²) in [4.78, 5) is 36.0. The van der Waals surface area contributed by atoms with Crippen LogP contribution in [-0.2, 0) is 17.8 Å². The van der Waals surface area contributed by atoms with E-state index in [9.17, 15) is 9.59 Å². The first-order valence-corrected chi connectivity index (χ1v) is 12.6. The Labute approximate surface area is 197 Å². The summed E-state index contributed by atoms with van der Waals surface area (Å²) in [7, 11) is 0. The van der Waals surface area contributed by atoms with E-state index in [1.807, 2.05) is 42.2 Å². The molecule has 1 aliphatic heterocycles. The lowest BCUT2D eigenvalue weighted by Crippen LogP contribution is -2.40. The molecule has 0 spiro atoms. The average molecular weight is 461 g/mol. The third-order valence-corrected chi connectivity index (χ3v) is 7.51. The molecule has 1 amide bonds. The maximum absolute atomic E-state index is 13.1. The van der Waals surface area contributed by atoms with E-state index in [2.05, 4.69) is 29.2 Å². The highest BCUT2D eigenvalue weighted by atomic mass is 32.2. The number of nitrogens with one attached hydrogen (secondary N) is 1. The zero-order valence-electron chi connectivity index (χ0n) is 18.8. The number of carbonyl (C=O) groups excluding carboxylic acids is 1. The first kappa shape index (κ1) is 21.8. The van der Waals surface area contributed by atoms with Crippen LogP contribution in [0.5, 0.6) is 0 Å². The van der Waals surface area contributed by atoms with Gasteiger partial charge in [-0.05, 0) is 43.7 Å². The minimum absolute atomic E-state index is 0.0876. The molecule has 0 aliphatic carbocycles. The van der Waals surface area contributed by atoms with Gasteiger partial charge in [0.25, 0.3) is 5.56 Å². The summed E-state index contributed by atoms with van der Waals surface area (Å²) in [6.07, 6.45) is 3.14. The third-order valence-electron chi connectivity index (χ3n) is 6.55. The lowest BCUT2D eigenvalue weighted by Gasteiger charge is -2.32. The molecule has 33 heavy (non-hydrogen) atoms. The number of rotatable bonds is 6. The van der Waals surface area contributed by atoms with E-state index < -0.39 is 0 Å². The van der Waals surface area contributed by atoms with Gasteiger partial charge in [0.15, 0.2) is 5.16 Å². The SMILES string of the molecule is CCn1c(SCC(=O)N2CCC(Cc3ccccc3)CC2)nc2c([nH]c3ccccc32)c1=O. The van der Waals surface area contributed by atoms with E-state index in [1.54, 1.807) is 4.57 Å². The lowest BCUT2D eigenvalue weighted by molar-refractivity contribution is -0.129. The number of nitrogens with zero attached hydrogens (tertiary/aromatic N) is 3. The molecule has 170 valence electrons. The summed E-state index contributed by atoms with van der Waals surface area (Å²) in [5.74, 6) is 1.04. The lowest BCUT2D eigenvalue weighted by atomic mass is 9.90. The number of amides is 1. The van der Waals surface area contributed by atoms with E-state index in [-0.39, 0.29) is 11.5 Å². The number of piperidine rings is 1. The fourth-order valence-electron chi connectivity index (χ4n) is 4.72. The van der Waals surface area contributed by atoms with Gasteiger partial charge in [0, 0.05) is 30.5 Å². The van der Waals surface area contributed by atoms with Crippen LogP contribution in [0.2, 0.25) is 0 Å². The Bertz CT molecular complexity index is 1340. The van der Waals surface area contributed by atoms with E-state index in [0.29, 0.717) is 34.4 Å². The Balaban J connectivity index is 1.26. The predicted molar refractivity (Wildman–Crippen MR) is 134 cm³/mol. The number of thioether (sulfide) groups is 1. The number of benzene rings is 2. The van der Waals surface area contributed by atoms with Crippen LogP contribution in [-0.4, -0.2) is 44.2 Å². The van der Waals surface area contributed by atoms with Crippen molar-refractivity contribution in [3.63, 3.8) is 0 Å². The largest absolute Gasteiger partial charge is 0.349 e. The van der Waals surface area contributed by atoms with Gasteiger partial charge in [-0.3, -0.25) is 14.2 Å². The minimum Gasteiger partial charge on any atom is -0.349 e. The number of hydrogen-bond acceptors (Lipinski definition) is 4. The number of para-hydroxylation sites is 1. The van der Waals surface area contributed by atoms with Gasteiger partial charge in [0.2, 0.25) is 5.91 Å². The third kappa shape index (κ3) is 4.42. The molecule has 5 rings (SSSR count). The summed E-state index contributed by atoms with van der Waals surface area (Å²) in [5.41, 5.74) is 3.38. The molecule has 1 saturated heterocycles. The second-order valence-corrected chi connectivity index (χ2v) is 9.58. The number of H-pyrrole nitrogens is 1. The Hall–Kier alpha value is -3.06. The monoisotopic (exact) mass is 460 g/mol. The van der Waals surface area contributed by atoms with Crippen molar-refractivity contribution in [3.8, 4) is 0 Å². The maximum atomic E-state index is 13.1. The second-order valence-electron chi connectivity index (χ2n) is 8.64. The van der Waals surface area contributed by atoms with Crippen LogP contribution >= 0.6 is 11.8 Å². The van der Waals surface area contributed by atoms with Crippen LogP contribution < -0.4 is 5.56 Å². The van der Waals surface area contributed by atoms with E-state index >= 15 is 0 Å². The summed E-state index contributed by atoms with van der Waals surface area (Å²) < 4.78 is 1.65. The fraction of sp³-hybridized carbons (Fsp3) is 0.346. The minimum atomic E-state index is -0.0876. The van der Waals surface area contributed by atoms with Crippen molar-refractivity contribution in [3.05, 3.63) is 70.5 Å². The molecule has 1 fully saturated rings. The quantitative estimate of drug-likeness (QED) is 0.340. The zero-order valence-corrected chi connectivity index (χ0v) is 19.6. The van der Waals surface area contributed by atoms with E-state index in [4.69, 9.17) is 4.98 Å². The normalized spacial score (nSPS) is 14.9. The van der Waals surface area contributed by atoms with Gasteiger partial charge in [0.1, 0.15) is 11.0 Å². The summed E-state index contributed by atoms with van der Waals surface area (Å²) >= 11 is 1.36. The molecule has 1 aliphatic rings. The number of carbonyl (C=O) groups is 1. The number of likely N-dealkylation sites (tertiary alicyclic amines) is 1. The first-order valence-electron chi connectivity index (χ1n) is 11.6. The van der Waals surface area contributed by atoms with Crippen LogP contribution in [0, 0.1) is 5.92 Å². The Morgan fingerprint density at radius 2 is 1.82 bits per heavy atom. The van der Waals surface area contributed by atoms with Gasteiger partial charge < -0.3 is 9.88 Å². The highest BCUT2D eigenvalue weighted by Gasteiger charge is 2.24. The molecule has 4 aromatic rings. The molecule has 0 saturated carbocycles. The highest BCUT2D eigenvalue weighted by Crippen LogP contribution is 2.26. The Morgan fingerprint density at radius 1 is 1.09 bits per heavy atom. The van der Waals surface area contributed by atoms with Crippen LogP contribution in [0.25, 0.3) is 21.9 Å². The topological polar surface area (TPSA) is 71.0 Å². The fourth-order valence-corrected chi connectivity index (χ4v) is 5.68. The van der Waals surface area contributed by atoms with Crippen molar-refractivity contribution in [1.82, 2.24) is 19.4 Å². The average Bonchev–Trinajstić information content (AvgIpc) is 3.23. The predicted octanol–water partition coefficient (Wildman–Crippen LogP) is 4.47. The molecule has 7 heteroatoms. The van der Waals surface area contributed by atoms with Crippen LogP contribution in [0.15, 0.2) is 64.5 Å². The van der Waals surface area contributed by atoms with Gasteiger partial charge in [-0.25, -0.2) is 4.98 Å². The number of aromatic nitrogens is 3. The van der Waals surface area contributed by atoms with Crippen molar-refractivity contribution in [1.29, 1.82) is 0 Å². The molecule has 1 N–H and O–H groups in total. The van der Waals surface area contributed by atoms with Gasteiger partial charge in [0.05, 0.1) is 5.75 Å². The second kappa shape index (κ2) is 9.43. The van der Waals surface area contributed by atoms with Crippen molar-refractivity contribution >= 4 is 39.6 Å². The van der Waals surface area contributed by atoms with Crippen molar-refractivity contribution in [2.24, 2.45) is 5.92 Å². The number of hydrogen-bond donors (Lipinski definition) is 1. The Morgan fingerprint density at radius 3 is 2.58 bits per heavy atom. The highest BCUT2D eigenvalue weighted by molar-refractivity contribution is 7.99. The van der Waals surface area contributed by atoms with Crippen molar-refractivity contribution in [2.75, 3.05) is 18.8 Å². The van der Waals surface area contributed by atoms with Gasteiger partial charge in [-0.2, -0.15) is 0 Å². The van der Waals surface area contributed by atoms with Crippen LogP contribution in [0.4, 0.5) is 0 Å². The standard InChI is InChI=1S/C26H28N4O2S/c1-2-30-25(32)24-23(20-10-6-7-11-21(20)27-24)28-26(30)33-17-22(31)29-14-12-19(13-15-29)16-18-8-4-3-5-9-18/h3-11,19,27H,2,12-17H2,1H3. The Kier molecular flexibility index (Phi) is 6.22. The number of aromatic amines is 1. The molecule has 0 bridgehead atoms. The molecule has 0 unspecified atom stereocenters. The van der Waals surface area contributed by atoms with Crippen molar-refractivity contribution in [2.45, 2.75) is 37.9 Å². The maximum Gasteiger partial charge on any atom is 0.278 e. The molecule has 0 radical (unpaired) electrons. The first-order chi connectivity index (χ1) is 16.1. The molecule has 2 aromatic heterocycles. The summed E-state index contributed by atoms with van der Waals surface area (Å²) in [6.45, 7) is 4.04. The summed E-state index contributed by atoms with van der Waals surface area (Å²) in [6, 6.07) is 18.4. The van der Waals surface area contributed by atoms with E-state index in [0.717, 1.165) is 43.3 Å². The molecular formula is C26H28N4O2S. The van der Waals surface area contributed by atoms with Gasteiger partial charge >= 0.3 is 0 Å².